The smallest absolute Gasteiger partial charge is 0.302 e. The van der Waals surface area contributed by atoms with Crippen LogP contribution in [0.2, 0.25) is 0 Å². The molecule has 1 aliphatic rings. The van der Waals surface area contributed by atoms with E-state index in [4.69, 9.17) is 0 Å². The van der Waals surface area contributed by atoms with E-state index in [0.29, 0.717) is 0 Å². The average Bonchev–Trinajstić information content (AvgIpc) is 2.85. The molecule has 0 aliphatic carbocycles. The number of carbonyl (C=O) groups excluding carboxylic acids is 1. The van der Waals surface area contributed by atoms with Crippen molar-refractivity contribution in [3.63, 3.8) is 0 Å². The lowest BCUT2D eigenvalue weighted by Gasteiger charge is -2.17. The molecule has 0 atom stereocenters. The normalized spacial score (nSPS) is 14.3. The number of hydrogen-bond acceptors (Lipinski definition) is 6. The number of carbonyl (C=O) groups is 1. The number of nitro groups is 1. The van der Waals surface area contributed by atoms with Crippen LogP contribution >= 0.6 is 0 Å². The van der Waals surface area contributed by atoms with Crippen molar-refractivity contribution in [2.75, 3.05) is 6.54 Å². The van der Waals surface area contributed by atoms with Crippen molar-refractivity contribution in [1.29, 1.82) is 0 Å². The van der Waals surface area contributed by atoms with Gasteiger partial charge in [-0.1, -0.05) is 12.1 Å². The molecule has 0 bridgehead atoms. The van der Waals surface area contributed by atoms with Gasteiger partial charge in [-0.3, -0.25) is 10.1 Å². The van der Waals surface area contributed by atoms with E-state index in [1.165, 1.54) is 12.1 Å². The zero-order valence-corrected chi connectivity index (χ0v) is 11.8. The molecule has 1 aromatic carbocycles. The van der Waals surface area contributed by atoms with Gasteiger partial charge in [0.2, 0.25) is 0 Å². The molecule has 1 aromatic rings. The fraction of sp³-hybridized carbons (Fsp3) is 0.182. The molecule has 0 radical (unpaired) electrons. The van der Waals surface area contributed by atoms with Crippen molar-refractivity contribution in [1.82, 2.24) is 15.2 Å². The molecule has 0 fully saturated rings. The average molecular weight is 312 g/mol. The minimum absolute atomic E-state index is 0.220. The monoisotopic (exact) mass is 312 g/mol. The van der Waals surface area contributed by atoms with Crippen LogP contribution in [0.3, 0.4) is 0 Å². The second kappa shape index (κ2) is 5.40. The maximum Gasteiger partial charge on any atom is 0.350 e. The van der Waals surface area contributed by atoms with Gasteiger partial charge in [-0.05, 0) is 18.6 Å². The highest BCUT2D eigenvalue weighted by molar-refractivity contribution is 7.90. The second-order valence-corrected chi connectivity index (χ2v) is 5.99. The number of hydrogen-bond donors (Lipinski definition) is 2. The first-order valence-corrected chi connectivity index (χ1v) is 7.29. The molecule has 2 N–H and O–H groups in total. The topological polar surface area (TPSA) is 122 Å². The summed E-state index contributed by atoms with van der Waals surface area (Å²) in [5.74, 6) is 0. The molecule has 2 rings (SSSR count). The summed E-state index contributed by atoms with van der Waals surface area (Å²) in [7, 11) is -4.34. The van der Waals surface area contributed by atoms with Crippen molar-refractivity contribution < 1.29 is 18.1 Å². The van der Waals surface area contributed by atoms with E-state index in [9.17, 15) is 23.3 Å². The van der Waals surface area contributed by atoms with Gasteiger partial charge in [-0.25, -0.2) is 22.9 Å². The molecule has 112 valence electrons. The lowest BCUT2D eigenvalue weighted by atomic mass is 10.3. The van der Waals surface area contributed by atoms with Crippen LogP contribution in [0.5, 0.6) is 0 Å². The summed E-state index contributed by atoms with van der Waals surface area (Å²) >= 11 is 0. The molecular weight excluding hydrogens is 300 g/mol. The Labute approximate surface area is 120 Å². The Bertz CT molecular complexity index is 728. The first kappa shape index (κ1) is 14.8. The van der Waals surface area contributed by atoms with Gasteiger partial charge in [0.15, 0.2) is 4.90 Å². The van der Waals surface area contributed by atoms with Crippen molar-refractivity contribution in [2.24, 2.45) is 0 Å². The van der Waals surface area contributed by atoms with E-state index >= 15 is 0 Å². The number of urea groups is 1. The molecule has 10 heteroatoms. The minimum atomic E-state index is -4.34. The number of nitrogens with one attached hydrogen (secondary N) is 2. The van der Waals surface area contributed by atoms with Crippen LogP contribution in [0.4, 0.5) is 10.5 Å². The molecular formula is C11H12N4O5S. The fourth-order valence-electron chi connectivity index (χ4n) is 1.72. The summed E-state index contributed by atoms with van der Waals surface area (Å²) in [6.45, 7) is 1.98. The summed E-state index contributed by atoms with van der Waals surface area (Å²) in [5, 5.41) is 11.9. The van der Waals surface area contributed by atoms with Crippen molar-refractivity contribution in [2.45, 2.75) is 11.8 Å². The van der Waals surface area contributed by atoms with E-state index in [2.05, 4.69) is 5.43 Å². The van der Waals surface area contributed by atoms with E-state index in [1.807, 2.05) is 0 Å². The molecule has 2 amide bonds. The minimum Gasteiger partial charge on any atom is -0.302 e. The number of para-hydroxylation sites is 1. The third kappa shape index (κ3) is 3.11. The standard InChI is InChI=1S/C11H12N4O5S/c1-8-6-12-14(7-8)11(16)13-21(19,20)10-5-3-2-4-9(10)15(17)18/h2-6,12H,7H2,1H3,(H,13,16). The van der Waals surface area contributed by atoms with Crippen LogP contribution in [0.25, 0.3) is 0 Å². The van der Waals surface area contributed by atoms with Crippen molar-refractivity contribution in [3.8, 4) is 0 Å². The first-order valence-electron chi connectivity index (χ1n) is 5.81. The number of nitro benzene ring substituents is 1. The van der Waals surface area contributed by atoms with E-state index in [-0.39, 0.29) is 6.54 Å². The summed E-state index contributed by atoms with van der Waals surface area (Å²) in [5.41, 5.74) is 2.82. The Morgan fingerprint density at radius 3 is 2.67 bits per heavy atom. The zero-order chi connectivity index (χ0) is 15.6. The van der Waals surface area contributed by atoms with Crippen LogP contribution in [-0.4, -0.2) is 30.9 Å². The molecule has 0 unspecified atom stereocenters. The van der Waals surface area contributed by atoms with E-state index in [0.717, 1.165) is 22.7 Å². The third-order valence-corrected chi connectivity index (χ3v) is 4.06. The SMILES string of the molecule is CC1=CNN(C(=O)NS(=O)(=O)c2ccccc2[N+](=O)[O-])C1. The van der Waals surface area contributed by atoms with Crippen LogP contribution in [0, 0.1) is 10.1 Å². The Kier molecular flexibility index (Phi) is 3.80. The number of hydrazine groups is 1. The lowest BCUT2D eigenvalue weighted by molar-refractivity contribution is -0.387. The lowest BCUT2D eigenvalue weighted by Crippen LogP contribution is -2.46. The maximum absolute atomic E-state index is 12.1. The van der Waals surface area contributed by atoms with Gasteiger partial charge < -0.3 is 5.43 Å². The Morgan fingerprint density at radius 1 is 1.43 bits per heavy atom. The molecule has 0 aromatic heterocycles. The van der Waals surface area contributed by atoms with Gasteiger partial charge in [0.05, 0.1) is 11.5 Å². The maximum atomic E-state index is 12.1. The number of benzene rings is 1. The van der Waals surface area contributed by atoms with E-state index in [1.54, 1.807) is 17.8 Å². The third-order valence-electron chi connectivity index (χ3n) is 2.69. The van der Waals surface area contributed by atoms with Crippen molar-refractivity contribution >= 4 is 21.7 Å². The number of nitrogens with zero attached hydrogens (tertiary/aromatic N) is 2. The van der Waals surface area contributed by atoms with E-state index < -0.39 is 31.6 Å². The largest absolute Gasteiger partial charge is 0.350 e. The quantitative estimate of drug-likeness (QED) is 0.626. The molecule has 0 saturated carbocycles. The van der Waals surface area contributed by atoms with Crippen LogP contribution in [0.1, 0.15) is 6.92 Å². The summed E-state index contributed by atoms with van der Waals surface area (Å²) in [4.78, 5) is 21.3. The van der Waals surface area contributed by atoms with Gasteiger partial charge in [0, 0.05) is 12.3 Å². The highest BCUT2D eigenvalue weighted by Crippen LogP contribution is 2.22. The van der Waals surface area contributed by atoms with Crippen molar-refractivity contribution in [3.05, 3.63) is 46.2 Å². The fourth-order valence-corrected chi connectivity index (χ4v) is 2.85. The Balaban J connectivity index is 2.23. The summed E-state index contributed by atoms with van der Waals surface area (Å²) in [6, 6.07) is 3.88. The molecule has 1 aliphatic heterocycles. The molecule has 0 spiro atoms. The number of sulfonamides is 1. The predicted molar refractivity (Wildman–Crippen MR) is 72.4 cm³/mol. The summed E-state index contributed by atoms with van der Waals surface area (Å²) < 4.78 is 26.0. The van der Waals surface area contributed by atoms with Gasteiger partial charge >= 0.3 is 6.03 Å². The number of amides is 2. The highest BCUT2D eigenvalue weighted by Gasteiger charge is 2.29. The molecule has 0 saturated heterocycles. The first-order chi connectivity index (χ1) is 9.81. The van der Waals surface area contributed by atoms with Gasteiger partial charge in [0.25, 0.3) is 15.7 Å². The zero-order valence-electron chi connectivity index (χ0n) is 10.9. The molecule has 9 nitrogen and oxygen atoms in total. The van der Waals surface area contributed by atoms with Gasteiger partial charge in [-0.15, -0.1) is 0 Å². The Morgan fingerprint density at radius 2 is 2.10 bits per heavy atom. The summed E-state index contributed by atoms with van der Waals surface area (Å²) in [6.07, 6.45) is 1.55. The molecule has 1 heterocycles. The van der Waals surface area contributed by atoms with Crippen LogP contribution in [0.15, 0.2) is 40.9 Å². The second-order valence-electron chi connectivity index (χ2n) is 4.34. The highest BCUT2D eigenvalue weighted by atomic mass is 32.2. The molecule has 21 heavy (non-hydrogen) atoms. The van der Waals surface area contributed by atoms with Crippen LogP contribution in [-0.2, 0) is 10.0 Å². The van der Waals surface area contributed by atoms with Gasteiger partial charge in [-0.2, -0.15) is 0 Å². The van der Waals surface area contributed by atoms with Crippen LogP contribution < -0.4 is 10.1 Å². The Hall–Kier alpha value is -2.62. The predicted octanol–water partition coefficient (Wildman–Crippen LogP) is 0.717. The van der Waals surface area contributed by atoms with Gasteiger partial charge in [0.1, 0.15) is 0 Å². The number of rotatable bonds is 3.